The van der Waals surface area contributed by atoms with Gasteiger partial charge >= 0.3 is 5.97 Å². The van der Waals surface area contributed by atoms with Crippen LogP contribution in [0.25, 0.3) is 0 Å². The molecule has 0 spiro atoms. The molecule has 0 fully saturated rings. The van der Waals surface area contributed by atoms with E-state index >= 15 is 0 Å². The highest BCUT2D eigenvalue weighted by atomic mass is 16.4. The minimum atomic E-state index is -1.46. The highest BCUT2D eigenvalue weighted by Gasteiger charge is 2.32. The maximum atomic E-state index is 11.1. The Balaban J connectivity index is 2.51. The van der Waals surface area contributed by atoms with Gasteiger partial charge in [-0.05, 0) is 18.2 Å². The van der Waals surface area contributed by atoms with Crippen LogP contribution in [0.5, 0.6) is 0 Å². The quantitative estimate of drug-likeness (QED) is 0.728. The van der Waals surface area contributed by atoms with Crippen LogP contribution in [0, 0.1) is 0 Å². The largest absolute Gasteiger partial charge is 0.512 e. The second-order valence-electron chi connectivity index (χ2n) is 3.97. The van der Waals surface area contributed by atoms with Gasteiger partial charge in [-0.2, -0.15) is 0 Å². The van der Waals surface area contributed by atoms with Crippen molar-refractivity contribution in [3.63, 3.8) is 0 Å². The summed E-state index contributed by atoms with van der Waals surface area (Å²) >= 11 is 0. The molecular weight excluding hydrogens is 220 g/mol. The molecule has 3 N–H and O–H groups in total. The number of aliphatic hydroxyl groups is 2. The van der Waals surface area contributed by atoms with Crippen molar-refractivity contribution in [2.75, 3.05) is 0 Å². The van der Waals surface area contributed by atoms with Crippen molar-refractivity contribution < 1.29 is 20.1 Å². The van der Waals surface area contributed by atoms with Gasteiger partial charge in [0.15, 0.2) is 0 Å². The Morgan fingerprint density at radius 1 is 1.29 bits per heavy atom. The van der Waals surface area contributed by atoms with Crippen LogP contribution >= 0.6 is 0 Å². The van der Waals surface area contributed by atoms with Crippen molar-refractivity contribution in [3.05, 3.63) is 59.4 Å². The molecule has 0 saturated carbocycles. The number of aromatic carboxylic acids is 1. The maximum absolute atomic E-state index is 11.1. The third kappa shape index (κ3) is 2.07. The SMILES string of the molecule is O=C(O)c1ccccc1C1(O)C=CC=C(O)C1. The lowest BCUT2D eigenvalue weighted by Gasteiger charge is -2.28. The van der Waals surface area contributed by atoms with Gasteiger partial charge in [0, 0.05) is 12.0 Å². The second kappa shape index (κ2) is 4.07. The normalized spacial score (nSPS) is 23.2. The molecule has 0 radical (unpaired) electrons. The van der Waals surface area contributed by atoms with Crippen LogP contribution in [0.4, 0.5) is 0 Å². The van der Waals surface area contributed by atoms with Gasteiger partial charge in [0.2, 0.25) is 0 Å². The Hall–Kier alpha value is -2.07. The van der Waals surface area contributed by atoms with Crippen molar-refractivity contribution in [2.45, 2.75) is 12.0 Å². The monoisotopic (exact) mass is 232 g/mol. The Kier molecular flexibility index (Phi) is 2.73. The van der Waals surface area contributed by atoms with Gasteiger partial charge in [-0.25, -0.2) is 4.79 Å². The predicted octanol–water partition coefficient (Wildman–Crippen LogP) is 1.97. The van der Waals surface area contributed by atoms with Crippen molar-refractivity contribution >= 4 is 5.97 Å². The van der Waals surface area contributed by atoms with Crippen LogP contribution in [0.1, 0.15) is 22.3 Å². The number of carboxylic acids is 1. The number of carboxylic acid groups (broad SMARTS) is 1. The summed E-state index contributed by atoms with van der Waals surface area (Å²) in [5.74, 6) is -1.08. The predicted molar refractivity (Wildman–Crippen MR) is 61.8 cm³/mol. The zero-order valence-corrected chi connectivity index (χ0v) is 9.00. The number of benzene rings is 1. The Morgan fingerprint density at radius 2 is 2.00 bits per heavy atom. The lowest BCUT2D eigenvalue weighted by molar-refractivity contribution is 0.0621. The molecule has 0 aromatic heterocycles. The first-order chi connectivity index (χ1) is 8.03. The van der Waals surface area contributed by atoms with Gasteiger partial charge in [-0.3, -0.25) is 0 Å². The number of hydrogen-bond donors (Lipinski definition) is 3. The lowest BCUT2D eigenvalue weighted by atomic mass is 9.84. The molecule has 4 nitrogen and oxygen atoms in total. The molecule has 0 saturated heterocycles. The number of carbonyl (C=O) groups is 1. The molecule has 88 valence electrons. The zero-order chi connectivity index (χ0) is 12.5. The first kappa shape index (κ1) is 11.4. The molecule has 0 bridgehead atoms. The standard InChI is InChI=1S/C13H12O4/c14-9-4-3-7-13(17,8-9)11-6-2-1-5-10(11)12(15)16/h1-7,14,17H,8H2,(H,15,16). The topological polar surface area (TPSA) is 77.8 Å². The fourth-order valence-corrected chi connectivity index (χ4v) is 1.94. The third-order valence-corrected chi connectivity index (χ3v) is 2.74. The van der Waals surface area contributed by atoms with E-state index in [1.807, 2.05) is 0 Å². The zero-order valence-electron chi connectivity index (χ0n) is 9.00. The molecule has 0 aliphatic heterocycles. The molecular formula is C13H12O4. The highest BCUT2D eigenvalue weighted by molar-refractivity contribution is 5.90. The maximum Gasteiger partial charge on any atom is 0.336 e. The Morgan fingerprint density at radius 3 is 2.65 bits per heavy atom. The van der Waals surface area contributed by atoms with Gasteiger partial charge in [-0.15, -0.1) is 0 Å². The van der Waals surface area contributed by atoms with Gasteiger partial charge in [-0.1, -0.05) is 24.3 Å². The number of aliphatic hydroxyl groups excluding tert-OH is 1. The van der Waals surface area contributed by atoms with Crippen LogP contribution in [-0.2, 0) is 5.60 Å². The van der Waals surface area contributed by atoms with E-state index in [4.69, 9.17) is 5.11 Å². The molecule has 1 aliphatic rings. The average molecular weight is 232 g/mol. The summed E-state index contributed by atoms with van der Waals surface area (Å²) in [6.07, 6.45) is 4.44. The van der Waals surface area contributed by atoms with E-state index in [-0.39, 0.29) is 23.3 Å². The molecule has 4 heteroatoms. The fourth-order valence-electron chi connectivity index (χ4n) is 1.94. The molecule has 0 heterocycles. The van der Waals surface area contributed by atoms with E-state index in [0.29, 0.717) is 0 Å². The summed E-state index contributed by atoms with van der Waals surface area (Å²) in [6, 6.07) is 6.23. The van der Waals surface area contributed by atoms with Crippen molar-refractivity contribution in [1.29, 1.82) is 0 Å². The summed E-state index contributed by atoms with van der Waals surface area (Å²) in [5.41, 5.74) is -1.15. The summed E-state index contributed by atoms with van der Waals surface area (Å²) < 4.78 is 0. The summed E-state index contributed by atoms with van der Waals surface area (Å²) in [6.45, 7) is 0. The average Bonchev–Trinajstić information content (AvgIpc) is 2.28. The first-order valence-corrected chi connectivity index (χ1v) is 5.15. The van der Waals surface area contributed by atoms with Crippen LogP contribution in [0.15, 0.2) is 48.3 Å². The lowest BCUT2D eigenvalue weighted by Crippen LogP contribution is -2.27. The van der Waals surface area contributed by atoms with Gasteiger partial charge in [0.25, 0.3) is 0 Å². The van der Waals surface area contributed by atoms with Crippen LogP contribution < -0.4 is 0 Å². The van der Waals surface area contributed by atoms with E-state index in [2.05, 4.69) is 0 Å². The number of rotatable bonds is 2. The highest BCUT2D eigenvalue weighted by Crippen LogP contribution is 2.34. The molecule has 1 aromatic rings. The third-order valence-electron chi connectivity index (χ3n) is 2.74. The molecule has 1 atom stereocenters. The van der Waals surface area contributed by atoms with Crippen molar-refractivity contribution in [3.8, 4) is 0 Å². The van der Waals surface area contributed by atoms with E-state index in [1.165, 1.54) is 24.3 Å². The van der Waals surface area contributed by atoms with Crippen LogP contribution in [0.2, 0.25) is 0 Å². The summed E-state index contributed by atoms with van der Waals surface area (Å²) in [4.78, 5) is 11.1. The first-order valence-electron chi connectivity index (χ1n) is 5.15. The van der Waals surface area contributed by atoms with Gasteiger partial charge < -0.3 is 15.3 Å². The molecule has 1 unspecified atom stereocenters. The van der Waals surface area contributed by atoms with E-state index in [9.17, 15) is 15.0 Å². The number of hydrogen-bond acceptors (Lipinski definition) is 3. The molecule has 1 aromatic carbocycles. The Labute approximate surface area is 98.1 Å². The van der Waals surface area contributed by atoms with E-state index in [0.717, 1.165) is 0 Å². The van der Waals surface area contributed by atoms with Crippen LogP contribution in [-0.4, -0.2) is 21.3 Å². The summed E-state index contributed by atoms with van der Waals surface area (Å²) in [5, 5.41) is 28.9. The van der Waals surface area contributed by atoms with E-state index in [1.54, 1.807) is 18.2 Å². The fraction of sp³-hybridized carbons (Fsp3) is 0.154. The van der Waals surface area contributed by atoms with Gasteiger partial charge in [0.05, 0.1) is 11.3 Å². The van der Waals surface area contributed by atoms with Crippen molar-refractivity contribution in [1.82, 2.24) is 0 Å². The second-order valence-corrected chi connectivity index (χ2v) is 3.97. The molecule has 1 aliphatic carbocycles. The van der Waals surface area contributed by atoms with Crippen molar-refractivity contribution in [2.24, 2.45) is 0 Å². The summed E-state index contributed by atoms with van der Waals surface area (Å²) in [7, 11) is 0. The number of allylic oxidation sites excluding steroid dienone is 2. The molecule has 2 rings (SSSR count). The minimum Gasteiger partial charge on any atom is -0.512 e. The molecule has 0 amide bonds. The smallest absolute Gasteiger partial charge is 0.336 e. The molecule has 17 heavy (non-hydrogen) atoms. The van der Waals surface area contributed by atoms with E-state index < -0.39 is 11.6 Å². The minimum absolute atomic E-state index is 0.0200. The van der Waals surface area contributed by atoms with Gasteiger partial charge in [0.1, 0.15) is 5.60 Å². The van der Waals surface area contributed by atoms with Crippen LogP contribution in [0.3, 0.4) is 0 Å². The Bertz CT molecular complexity index is 516.